The Bertz CT molecular complexity index is 760. The summed E-state index contributed by atoms with van der Waals surface area (Å²) in [4.78, 5) is 4.33. The molecule has 2 heterocycles. The Labute approximate surface area is 121 Å². The molecule has 0 bridgehead atoms. The number of alkyl halides is 1. The summed E-state index contributed by atoms with van der Waals surface area (Å²) in [6.45, 7) is 4.20. The molecule has 2 aromatic heterocycles. The van der Waals surface area contributed by atoms with E-state index in [9.17, 15) is 4.39 Å². The molecule has 0 aliphatic heterocycles. The molecule has 1 aromatic carbocycles. The van der Waals surface area contributed by atoms with Gasteiger partial charge >= 0.3 is 0 Å². The molecule has 3 nitrogen and oxygen atoms in total. The number of furan rings is 1. The zero-order valence-electron chi connectivity index (χ0n) is 11.2. The smallest absolute Gasteiger partial charge is 0.151 e. The third kappa shape index (κ3) is 2.20. The van der Waals surface area contributed by atoms with Crippen LogP contribution < -0.4 is 0 Å². The highest BCUT2D eigenvalue weighted by Gasteiger charge is 2.18. The molecule has 1 atom stereocenters. The van der Waals surface area contributed by atoms with Crippen LogP contribution in [-0.2, 0) is 6.54 Å². The number of para-hydroxylation sites is 1. The highest BCUT2D eigenvalue weighted by Crippen LogP contribution is 2.27. The summed E-state index contributed by atoms with van der Waals surface area (Å²) >= 11 is 6.17. The molecule has 0 fully saturated rings. The number of aromatic nitrogens is 2. The minimum absolute atomic E-state index is 0.308. The Morgan fingerprint density at radius 3 is 2.80 bits per heavy atom. The minimum Gasteiger partial charge on any atom is -0.464 e. The van der Waals surface area contributed by atoms with Crippen molar-refractivity contribution in [2.24, 2.45) is 0 Å². The van der Waals surface area contributed by atoms with Gasteiger partial charge in [-0.3, -0.25) is 0 Å². The van der Waals surface area contributed by atoms with Crippen molar-refractivity contribution in [1.29, 1.82) is 0 Å². The minimum atomic E-state index is -0.338. The summed E-state index contributed by atoms with van der Waals surface area (Å²) in [6, 6.07) is 8.72. The van der Waals surface area contributed by atoms with Crippen LogP contribution in [0.25, 0.3) is 11.0 Å². The van der Waals surface area contributed by atoms with Gasteiger partial charge in [-0.1, -0.05) is 6.07 Å². The van der Waals surface area contributed by atoms with E-state index in [4.69, 9.17) is 16.0 Å². The first-order valence-electron chi connectivity index (χ1n) is 6.40. The molecule has 0 radical (unpaired) electrons. The van der Waals surface area contributed by atoms with E-state index in [2.05, 4.69) is 4.98 Å². The topological polar surface area (TPSA) is 31.0 Å². The van der Waals surface area contributed by atoms with Gasteiger partial charge in [0, 0.05) is 0 Å². The molecule has 0 saturated carbocycles. The van der Waals surface area contributed by atoms with Crippen molar-refractivity contribution in [2.45, 2.75) is 25.8 Å². The number of nitrogens with zero attached hydrogens (tertiary/aromatic N) is 2. The summed E-state index contributed by atoms with van der Waals surface area (Å²) in [5, 5.41) is -0.308. The number of hydrogen-bond acceptors (Lipinski definition) is 2. The lowest BCUT2D eigenvalue weighted by Crippen LogP contribution is -2.05. The first kappa shape index (κ1) is 13.2. The van der Waals surface area contributed by atoms with Gasteiger partial charge in [0.2, 0.25) is 0 Å². The number of aryl methyl sites for hydroxylation is 1. The number of fused-ring (bicyclic) bond motifs is 1. The van der Waals surface area contributed by atoms with E-state index in [0.717, 1.165) is 17.0 Å². The highest BCUT2D eigenvalue weighted by molar-refractivity contribution is 6.20. The van der Waals surface area contributed by atoms with E-state index in [1.165, 1.54) is 6.07 Å². The molecule has 104 valence electrons. The van der Waals surface area contributed by atoms with Crippen LogP contribution in [0, 0.1) is 12.7 Å². The van der Waals surface area contributed by atoms with Crippen molar-refractivity contribution in [3.63, 3.8) is 0 Å². The van der Waals surface area contributed by atoms with Crippen LogP contribution in [0.5, 0.6) is 0 Å². The maximum Gasteiger partial charge on any atom is 0.151 e. The van der Waals surface area contributed by atoms with E-state index >= 15 is 0 Å². The van der Waals surface area contributed by atoms with Crippen molar-refractivity contribution in [1.82, 2.24) is 9.55 Å². The normalized spacial score (nSPS) is 13.0. The van der Waals surface area contributed by atoms with Crippen LogP contribution in [-0.4, -0.2) is 9.55 Å². The summed E-state index contributed by atoms with van der Waals surface area (Å²) in [6.07, 6.45) is 0. The van der Waals surface area contributed by atoms with Gasteiger partial charge in [-0.05, 0) is 38.1 Å². The molecule has 3 aromatic rings. The van der Waals surface area contributed by atoms with Crippen LogP contribution in [0.3, 0.4) is 0 Å². The van der Waals surface area contributed by atoms with Gasteiger partial charge in [0.15, 0.2) is 5.82 Å². The maximum atomic E-state index is 13.8. The maximum absolute atomic E-state index is 13.8. The molecule has 20 heavy (non-hydrogen) atoms. The standard InChI is InChI=1S/C15H14ClFN2O/c1-9-6-7-11(20-9)8-19-13-5-3-4-12(17)14(13)18-15(19)10(2)16/h3-7,10H,8H2,1-2H3. The predicted octanol–water partition coefficient (Wildman–Crippen LogP) is 4.42. The van der Waals surface area contributed by atoms with Crippen molar-refractivity contribution >= 4 is 22.6 Å². The average molecular weight is 293 g/mol. The SMILES string of the molecule is Cc1ccc(Cn2c(C(C)Cl)nc3c(F)cccc32)o1. The highest BCUT2D eigenvalue weighted by atomic mass is 35.5. The second kappa shape index (κ2) is 4.94. The summed E-state index contributed by atoms with van der Waals surface area (Å²) in [7, 11) is 0. The fourth-order valence-corrected chi connectivity index (χ4v) is 2.49. The molecule has 0 aliphatic rings. The van der Waals surface area contributed by atoms with Crippen LogP contribution >= 0.6 is 11.6 Å². The van der Waals surface area contributed by atoms with E-state index in [1.807, 2.05) is 36.6 Å². The van der Waals surface area contributed by atoms with Crippen molar-refractivity contribution < 1.29 is 8.81 Å². The fraction of sp³-hybridized carbons (Fsp3) is 0.267. The molecule has 0 spiro atoms. The first-order chi connectivity index (χ1) is 9.56. The first-order valence-corrected chi connectivity index (χ1v) is 6.84. The van der Waals surface area contributed by atoms with E-state index in [0.29, 0.717) is 17.9 Å². The fourth-order valence-electron chi connectivity index (χ4n) is 2.33. The third-order valence-electron chi connectivity index (χ3n) is 3.22. The van der Waals surface area contributed by atoms with Gasteiger partial charge in [-0.25, -0.2) is 9.37 Å². The van der Waals surface area contributed by atoms with Gasteiger partial charge < -0.3 is 8.98 Å². The van der Waals surface area contributed by atoms with Crippen LogP contribution in [0.2, 0.25) is 0 Å². The summed E-state index contributed by atoms with van der Waals surface area (Å²) in [5.41, 5.74) is 1.07. The number of hydrogen-bond donors (Lipinski definition) is 0. The molecular formula is C15H14ClFN2O. The zero-order valence-corrected chi connectivity index (χ0v) is 12.0. The quantitative estimate of drug-likeness (QED) is 0.669. The van der Waals surface area contributed by atoms with Gasteiger partial charge in [0.1, 0.15) is 22.9 Å². The summed E-state index contributed by atoms with van der Waals surface area (Å²) in [5.74, 6) is 1.94. The Balaban J connectivity index is 2.16. The lowest BCUT2D eigenvalue weighted by Gasteiger charge is -2.08. The Kier molecular flexibility index (Phi) is 3.26. The monoisotopic (exact) mass is 292 g/mol. The summed E-state index contributed by atoms with van der Waals surface area (Å²) < 4.78 is 21.3. The molecule has 0 amide bonds. The predicted molar refractivity (Wildman–Crippen MR) is 76.5 cm³/mol. The van der Waals surface area contributed by atoms with Crippen molar-refractivity contribution in [2.75, 3.05) is 0 Å². The van der Waals surface area contributed by atoms with Gasteiger partial charge in [-0.2, -0.15) is 0 Å². The van der Waals surface area contributed by atoms with Crippen molar-refractivity contribution in [3.8, 4) is 0 Å². The molecule has 5 heteroatoms. The average Bonchev–Trinajstić information content (AvgIpc) is 2.96. The number of rotatable bonds is 3. The van der Waals surface area contributed by atoms with E-state index < -0.39 is 0 Å². The molecular weight excluding hydrogens is 279 g/mol. The largest absolute Gasteiger partial charge is 0.464 e. The van der Waals surface area contributed by atoms with Crippen LogP contribution in [0.1, 0.15) is 29.6 Å². The Hall–Kier alpha value is -1.81. The Morgan fingerprint density at radius 2 is 2.15 bits per heavy atom. The van der Waals surface area contributed by atoms with E-state index in [-0.39, 0.29) is 11.2 Å². The van der Waals surface area contributed by atoms with Crippen molar-refractivity contribution in [3.05, 3.63) is 53.5 Å². The molecule has 3 rings (SSSR count). The van der Waals surface area contributed by atoms with Gasteiger partial charge in [-0.15, -0.1) is 11.6 Å². The number of benzene rings is 1. The number of halogens is 2. The van der Waals surface area contributed by atoms with Crippen LogP contribution in [0.15, 0.2) is 34.7 Å². The number of imidazole rings is 1. The molecule has 0 saturated heterocycles. The Morgan fingerprint density at radius 1 is 1.35 bits per heavy atom. The zero-order chi connectivity index (χ0) is 14.3. The molecule has 0 N–H and O–H groups in total. The third-order valence-corrected chi connectivity index (χ3v) is 3.42. The van der Waals surface area contributed by atoms with Gasteiger partial charge in [0.25, 0.3) is 0 Å². The second-order valence-corrected chi connectivity index (χ2v) is 5.45. The lowest BCUT2D eigenvalue weighted by molar-refractivity contribution is 0.469. The molecule has 1 unspecified atom stereocenters. The molecule has 0 aliphatic carbocycles. The van der Waals surface area contributed by atoms with E-state index in [1.54, 1.807) is 6.07 Å². The second-order valence-electron chi connectivity index (χ2n) is 4.79. The van der Waals surface area contributed by atoms with Crippen LogP contribution in [0.4, 0.5) is 4.39 Å². The lowest BCUT2D eigenvalue weighted by atomic mass is 10.3. The van der Waals surface area contributed by atoms with Gasteiger partial charge in [0.05, 0.1) is 17.4 Å².